The van der Waals surface area contributed by atoms with Gasteiger partial charge in [-0.1, -0.05) is 26.2 Å². The van der Waals surface area contributed by atoms with Gasteiger partial charge in [-0.3, -0.25) is 16.2 Å². The molecule has 0 spiro atoms. The smallest absolute Gasteiger partial charge is 0.0420 e. The highest BCUT2D eigenvalue weighted by Gasteiger charge is 2.42. The summed E-state index contributed by atoms with van der Waals surface area (Å²) in [6.07, 6.45) is 10.8. The van der Waals surface area contributed by atoms with E-state index < -0.39 is 0 Å². The Bertz CT molecular complexity index is 244. The van der Waals surface area contributed by atoms with Crippen molar-refractivity contribution in [1.29, 1.82) is 0 Å². The number of hydrogen-bond donors (Lipinski definition) is 2. The quantitative estimate of drug-likeness (QED) is 0.584. The molecule has 0 aromatic rings. The Morgan fingerprint density at radius 3 is 2.28 bits per heavy atom. The van der Waals surface area contributed by atoms with Crippen molar-refractivity contribution in [3.05, 3.63) is 0 Å². The molecule has 3 heteroatoms. The topological polar surface area (TPSA) is 41.3 Å². The molecule has 2 unspecified atom stereocenters. The van der Waals surface area contributed by atoms with Gasteiger partial charge in [0, 0.05) is 11.6 Å². The SMILES string of the molecule is CCC(C)(C(NN)C1CCCC1)N1CCCCC1. The van der Waals surface area contributed by atoms with Crippen LogP contribution in [-0.2, 0) is 0 Å². The molecular weight excluding hydrogens is 222 g/mol. The number of hydrazine groups is 1. The van der Waals surface area contributed by atoms with Crippen molar-refractivity contribution in [2.24, 2.45) is 11.8 Å². The highest BCUT2D eigenvalue weighted by atomic mass is 15.3. The first-order valence-electron chi connectivity index (χ1n) is 7.93. The van der Waals surface area contributed by atoms with Gasteiger partial charge in [0.05, 0.1) is 0 Å². The molecule has 1 saturated carbocycles. The molecule has 0 aromatic heterocycles. The number of nitrogens with two attached hydrogens (primary N) is 1. The van der Waals surface area contributed by atoms with Crippen LogP contribution in [0.2, 0.25) is 0 Å². The van der Waals surface area contributed by atoms with Crippen LogP contribution >= 0.6 is 0 Å². The lowest BCUT2D eigenvalue weighted by atomic mass is 9.78. The van der Waals surface area contributed by atoms with Crippen molar-refractivity contribution in [2.45, 2.75) is 76.8 Å². The first-order valence-corrected chi connectivity index (χ1v) is 7.93. The summed E-state index contributed by atoms with van der Waals surface area (Å²) in [5, 5.41) is 0. The van der Waals surface area contributed by atoms with Gasteiger partial charge in [0.1, 0.15) is 0 Å². The summed E-state index contributed by atoms with van der Waals surface area (Å²) in [5.41, 5.74) is 3.43. The molecule has 2 fully saturated rings. The first-order chi connectivity index (χ1) is 8.72. The van der Waals surface area contributed by atoms with Gasteiger partial charge in [-0.05, 0) is 58.0 Å². The molecule has 3 nitrogen and oxygen atoms in total. The summed E-state index contributed by atoms with van der Waals surface area (Å²) in [6, 6.07) is 0.461. The molecule has 3 N–H and O–H groups in total. The Hall–Kier alpha value is -0.120. The number of nitrogens with one attached hydrogen (secondary N) is 1. The minimum absolute atomic E-state index is 0.240. The molecule has 0 radical (unpaired) electrons. The first kappa shape index (κ1) is 14.3. The van der Waals surface area contributed by atoms with Crippen LogP contribution in [0.15, 0.2) is 0 Å². The van der Waals surface area contributed by atoms with Crippen LogP contribution in [0, 0.1) is 5.92 Å². The number of hydrogen-bond acceptors (Lipinski definition) is 3. The molecule has 0 aromatic carbocycles. The second-order valence-electron chi connectivity index (χ2n) is 6.45. The van der Waals surface area contributed by atoms with Crippen molar-refractivity contribution < 1.29 is 0 Å². The molecule has 1 aliphatic heterocycles. The zero-order chi connectivity index (χ0) is 13.0. The molecule has 0 bridgehead atoms. The third kappa shape index (κ3) is 2.73. The number of piperidine rings is 1. The summed E-state index contributed by atoms with van der Waals surface area (Å²) < 4.78 is 0. The largest absolute Gasteiger partial charge is 0.296 e. The third-order valence-corrected chi connectivity index (χ3v) is 5.52. The standard InChI is InChI=1S/C15H31N3/c1-3-15(2,18-11-7-4-8-12-18)14(17-16)13-9-5-6-10-13/h13-14,17H,3-12,16H2,1-2H3. The Morgan fingerprint density at radius 1 is 1.17 bits per heavy atom. The van der Waals surface area contributed by atoms with E-state index in [-0.39, 0.29) is 5.54 Å². The van der Waals surface area contributed by atoms with Gasteiger partial charge in [-0.2, -0.15) is 0 Å². The van der Waals surface area contributed by atoms with Gasteiger partial charge >= 0.3 is 0 Å². The van der Waals surface area contributed by atoms with Gasteiger partial charge in [0.2, 0.25) is 0 Å². The fourth-order valence-electron chi connectivity index (χ4n) is 4.16. The lowest BCUT2D eigenvalue weighted by Gasteiger charge is -2.49. The molecule has 2 atom stereocenters. The van der Waals surface area contributed by atoms with E-state index in [1.54, 1.807) is 0 Å². The van der Waals surface area contributed by atoms with E-state index in [1.165, 1.54) is 64.5 Å². The molecule has 18 heavy (non-hydrogen) atoms. The number of rotatable bonds is 5. The van der Waals surface area contributed by atoms with Gasteiger partial charge in [0.15, 0.2) is 0 Å². The van der Waals surface area contributed by atoms with Crippen molar-refractivity contribution in [3.8, 4) is 0 Å². The predicted octanol–water partition coefficient (Wildman–Crippen LogP) is 2.66. The van der Waals surface area contributed by atoms with Crippen LogP contribution < -0.4 is 11.3 Å². The molecule has 2 aliphatic rings. The Labute approximate surface area is 112 Å². The van der Waals surface area contributed by atoms with Gasteiger partial charge in [-0.25, -0.2) is 0 Å². The van der Waals surface area contributed by atoms with Gasteiger partial charge in [-0.15, -0.1) is 0 Å². The molecule has 1 heterocycles. The highest BCUT2D eigenvalue weighted by Crippen LogP contribution is 2.37. The van der Waals surface area contributed by atoms with Crippen LogP contribution in [0.1, 0.15) is 65.2 Å². The molecule has 106 valence electrons. The van der Waals surface area contributed by atoms with E-state index in [1.807, 2.05) is 0 Å². The summed E-state index contributed by atoms with van der Waals surface area (Å²) in [7, 11) is 0. The highest BCUT2D eigenvalue weighted by molar-refractivity contribution is 5.00. The van der Waals surface area contributed by atoms with E-state index in [4.69, 9.17) is 5.84 Å². The normalized spacial score (nSPS) is 28.2. The second kappa shape index (κ2) is 6.36. The molecule has 1 aliphatic carbocycles. The van der Waals surface area contributed by atoms with Gasteiger partial charge in [0.25, 0.3) is 0 Å². The lowest BCUT2D eigenvalue weighted by molar-refractivity contribution is 0.0236. The van der Waals surface area contributed by atoms with Crippen molar-refractivity contribution >= 4 is 0 Å². The van der Waals surface area contributed by atoms with E-state index in [0.29, 0.717) is 6.04 Å². The zero-order valence-electron chi connectivity index (χ0n) is 12.3. The van der Waals surface area contributed by atoms with Crippen LogP contribution in [0.25, 0.3) is 0 Å². The van der Waals surface area contributed by atoms with Crippen molar-refractivity contribution in [3.63, 3.8) is 0 Å². The molecule has 2 rings (SSSR count). The van der Waals surface area contributed by atoms with Crippen LogP contribution in [0.3, 0.4) is 0 Å². The average Bonchev–Trinajstić information content (AvgIpc) is 2.94. The molecule has 1 saturated heterocycles. The third-order valence-electron chi connectivity index (χ3n) is 5.52. The summed E-state index contributed by atoms with van der Waals surface area (Å²) in [4.78, 5) is 2.71. The summed E-state index contributed by atoms with van der Waals surface area (Å²) >= 11 is 0. The monoisotopic (exact) mass is 253 g/mol. The number of nitrogens with zero attached hydrogens (tertiary/aromatic N) is 1. The van der Waals surface area contributed by atoms with Crippen molar-refractivity contribution in [2.75, 3.05) is 13.1 Å². The van der Waals surface area contributed by atoms with Crippen molar-refractivity contribution in [1.82, 2.24) is 10.3 Å². The van der Waals surface area contributed by atoms with Crippen LogP contribution in [0.4, 0.5) is 0 Å². The van der Waals surface area contributed by atoms with Crippen LogP contribution in [0.5, 0.6) is 0 Å². The fraction of sp³-hybridized carbons (Fsp3) is 1.00. The molecule has 0 amide bonds. The Balaban J connectivity index is 2.11. The maximum Gasteiger partial charge on any atom is 0.0420 e. The Morgan fingerprint density at radius 2 is 1.78 bits per heavy atom. The Kier molecular flexibility index (Phi) is 5.05. The molecular formula is C15H31N3. The zero-order valence-corrected chi connectivity index (χ0v) is 12.3. The maximum atomic E-state index is 5.94. The fourth-order valence-corrected chi connectivity index (χ4v) is 4.16. The van der Waals surface area contributed by atoms with E-state index in [2.05, 4.69) is 24.2 Å². The maximum absolute atomic E-state index is 5.94. The summed E-state index contributed by atoms with van der Waals surface area (Å²) in [5.74, 6) is 6.72. The lowest BCUT2D eigenvalue weighted by Crippen LogP contribution is -2.64. The average molecular weight is 253 g/mol. The minimum atomic E-state index is 0.240. The minimum Gasteiger partial charge on any atom is -0.296 e. The predicted molar refractivity (Wildman–Crippen MR) is 77.2 cm³/mol. The number of likely N-dealkylation sites (tertiary alicyclic amines) is 1. The van der Waals surface area contributed by atoms with E-state index >= 15 is 0 Å². The van der Waals surface area contributed by atoms with Crippen LogP contribution in [-0.4, -0.2) is 29.6 Å². The van der Waals surface area contributed by atoms with E-state index in [0.717, 1.165) is 5.92 Å². The van der Waals surface area contributed by atoms with E-state index in [9.17, 15) is 0 Å². The summed E-state index contributed by atoms with van der Waals surface area (Å²) in [6.45, 7) is 7.28. The second-order valence-corrected chi connectivity index (χ2v) is 6.45. The van der Waals surface area contributed by atoms with Gasteiger partial charge < -0.3 is 0 Å².